The van der Waals surface area contributed by atoms with E-state index < -0.39 is 11.6 Å². The number of nitrogen functional groups attached to an aromatic ring is 1. The number of carbonyl (C=O) groups is 2. The molecule has 0 spiro atoms. The molecular weight excluding hydrogens is 388 g/mol. The maximum atomic E-state index is 12.2. The molecule has 10 heteroatoms. The topological polar surface area (TPSA) is 124 Å². The molecule has 3 rings (SSSR count). The van der Waals surface area contributed by atoms with Crippen LogP contribution < -0.4 is 10.6 Å². The van der Waals surface area contributed by atoms with E-state index in [1.165, 1.54) is 13.3 Å². The Morgan fingerprint density at radius 3 is 2.33 bits per heavy atom. The summed E-state index contributed by atoms with van der Waals surface area (Å²) in [7, 11) is 1.26. The van der Waals surface area contributed by atoms with E-state index in [0.29, 0.717) is 37.4 Å². The molecule has 1 saturated heterocycles. The van der Waals surface area contributed by atoms with Crippen molar-refractivity contribution >= 4 is 23.7 Å². The number of anilines is 2. The minimum atomic E-state index is -0.644. The second kappa shape index (κ2) is 8.52. The molecule has 1 amide bonds. The van der Waals surface area contributed by atoms with Crippen LogP contribution in [-0.4, -0.2) is 70.8 Å². The number of amides is 1. The zero-order chi connectivity index (χ0) is 21.9. The Morgan fingerprint density at radius 1 is 1.07 bits per heavy atom. The van der Waals surface area contributed by atoms with E-state index in [1.54, 1.807) is 11.1 Å². The Hall–Kier alpha value is -3.43. The second-order valence-corrected chi connectivity index (χ2v) is 7.84. The average molecular weight is 414 g/mol. The van der Waals surface area contributed by atoms with Crippen LogP contribution in [0.1, 0.15) is 31.3 Å². The summed E-state index contributed by atoms with van der Waals surface area (Å²) in [6.07, 6.45) is 2.85. The van der Waals surface area contributed by atoms with Crippen LogP contribution in [0, 0.1) is 0 Å². The van der Waals surface area contributed by atoms with Crippen LogP contribution in [0.4, 0.5) is 16.4 Å². The number of hydrogen-bond donors (Lipinski definition) is 1. The smallest absolute Gasteiger partial charge is 0.410 e. The molecule has 10 nitrogen and oxygen atoms in total. The molecule has 0 atom stereocenters. The molecule has 2 N–H and O–H groups in total. The van der Waals surface area contributed by atoms with Gasteiger partial charge in [-0.3, -0.25) is 0 Å². The van der Waals surface area contributed by atoms with Crippen LogP contribution in [0.15, 0.2) is 24.5 Å². The van der Waals surface area contributed by atoms with Gasteiger partial charge in [0.15, 0.2) is 11.5 Å². The maximum absolute atomic E-state index is 12.2. The van der Waals surface area contributed by atoms with E-state index in [1.807, 2.05) is 32.9 Å². The van der Waals surface area contributed by atoms with Crippen molar-refractivity contribution in [2.45, 2.75) is 26.4 Å². The van der Waals surface area contributed by atoms with Gasteiger partial charge in [0.25, 0.3) is 0 Å². The van der Waals surface area contributed by atoms with Gasteiger partial charge in [-0.1, -0.05) is 0 Å². The van der Waals surface area contributed by atoms with Crippen LogP contribution in [0.2, 0.25) is 0 Å². The van der Waals surface area contributed by atoms with Crippen molar-refractivity contribution in [3.05, 3.63) is 30.2 Å². The lowest BCUT2D eigenvalue weighted by Crippen LogP contribution is -2.50. The van der Waals surface area contributed by atoms with Gasteiger partial charge in [0.2, 0.25) is 0 Å². The SMILES string of the molecule is COC(=O)c1nc(-c2ccc(N3CCN(C(=O)OC(C)(C)C)CC3)nc2)cnc1N. The molecule has 0 bridgehead atoms. The summed E-state index contributed by atoms with van der Waals surface area (Å²) in [5, 5.41) is 0. The second-order valence-electron chi connectivity index (χ2n) is 7.84. The Morgan fingerprint density at radius 2 is 1.77 bits per heavy atom. The van der Waals surface area contributed by atoms with Gasteiger partial charge in [0, 0.05) is 37.9 Å². The lowest BCUT2D eigenvalue weighted by Gasteiger charge is -2.36. The quantitative estimate of drug-likeness (QED) is 0.751. The predicted molar refractivity (Wildman–Crippen MR) is 111 cm³/mol. The highest BCUT2D eigenvalue weighted by atomic mass is 16.6. The van der Waals surface area contributed by atoms with Crippen molar-refractivity contribution in [3.8, 4) is 11.3 Å². The molecular formula is C20H26N6O4. The fourth-order valence-corrected chi connectivity index (χ4v) is 2.95. The van der Waals surface area contributed by atoms with Gasteiger partial charge in [-0.05, 0) is 32.9 Å². The van der Waals surface area contributed by atoms with E-state index >= 15 is 0 Å². The first kappa shape index (κ1) is 21.3. The van der Waals surface area contributed by atoms with Crippen molar-refractivity contribution in [2.75, 3.05) is 43.9 Å². The number of ether oxygens (including phenoxy) is 2. The Kier molecular flexibility index (Phi) is 6.04. The number of esters is 1. The predicted octanol–water partition coefficient (Wildman–Crippen LogP) is 1.96. The molecule has 0 aliphatic carbocycles. The van der Waals surface area contributed by atoms with E-state index in [2.05, 4.69) is 24.6 Å². The molecule has 0 unspecified atom stereocenters. The number of nitrogens with zero attached hydrogens (tertiary/aromatic N) is 5. The first-order chi connectivity index (χ1) is 14.2. The molecule has 1 aliphatic heterocycles. The summed E-state index contributed by atoms with van der Waals surface area (Å²) < 4.78 is 10.1. The number of piperazine rings is 1. The van der Waals surface area contributed by atoms with Gasteiger partial charge in [-0.2, -0.15) is 0 Å². The average Bonchev–Trinajstić information content (AvgIpc) is 2.72. The zero-order valence-corrected chi connectivity index (χ0v) is 17.6. The minimum Gasteiger partial charge on any atom is -0.464 e. The standard InChI is InChI=1S/C20H26N6O4/c1-20(2,3)30-19(28)26-9-7-25(8-10-26)15-6-5-13(11-22-15)14-12-23-17(21)16(24-14)18(27)29-4/h5-6,11-12H,7-10H2,1-4H3,(H2,21,23). The summed E-state index contributed by atoms with van der Waals surface area (Å²) in [6, 6.07) is 3.72. The third-order valence-electron chi connectivity index (χ3n) is 4.48. The fourth-order valence-electron chi connectivity index (χ4n) is 2.95. The Labute approximate surface area is 175 Å². The molecule has 160 valence electrons. The monoisotopic (exact) mass is 414 g/mol. The van der Waals surface area contributed by atoms with E-state index in [-0.39, 0.29) is 17.6 Å². The van der Waals surface area contributed by atoms with E-state index in [0.717, 1.165) is 5.82 Å². The van der Waals surface area contributed by atoms with Crippen molar-refractivity contribution < 1.29 is 19.1 Å². The molecule has 0 aromatic carbocycles. The lowest BCUT2D eigenvalue weighted by atomic mass is 10.2. The van der Waals surface area contributed by atoms with Gasteiger partial charge >= 0.3 is 12.1 Å². The highest BCUT2D eigenvalue weighted by Crippen LogP contribution is 2.22. The van der Waals surface area contributed by atoms with Crippen molar-refractivity contribution in [3.63, 3.8) is 0 Å². The van der Waals surface area contributed by atoms with Crippen molar-refractivity contribution in [1.82, 2.24) is 19.9 Å². The lowest BCUT2D eigenvalue weighted by molar-refractivity contribution is 0.0240. The van der Waals surface area contributed by atoms with E-state index in [4.69, 9.17) is 10.5 Å². The zero-order valence-electron chi connectivity index (χ0n) is 17.6. The number of aromatic nitrogens is 3. The number of pyridine rings is 1. The van der Waals surface area contributed by atoms with Crippen LogP contribution in [0.5, 0.6) is 0 Å². The largest absolute Gasteiger partial charge is 0.464 e. The maximum Gasteiger partial charge on any atom is 0.410 e. The normalized spacial score (nSPS) is 14.4. The molecule has 1 fully saturated rings. The van der Waals surface area contributed by atoms with Gasteiger partial charge < -0.3 is 25.0 Å². The highest BCUT2D eigenvalue weighted by Gasteiger charge is 2.26. The Bertz CT molecular complexity index is 918. The fraction of sp³-hybridized carbons (Fsp3) is 0.450. The number of nitrogens with two attached hydrogens (primary N) is 1. The third-order valence-corrected chi connectivity index (χ3v) is 4.48. The molecule has 2 aromatic heterocycles. The molecule has 0 radical (unpaired) electrons. The number of methoxy groups -OCH3 is 1. The molecule has 0 saturated carbocycles. The number of carbonyl (C=O) groups excluding carboxylic acids is 2. The van der Waals surface area contributed by atoms with Gasteiger partial charge in [0.1, 0.15) is 11.4 Å². The molecule has 3 heterocycles. The molecule has 30 heavy (non-hydrogen) atoms. The van der Waals surface area contributed by atoms with Crippen molar-refractivity contribution in [1.29, 1.82) is 0 Å². The van der Waals surface area contributed by atoms with Gasteiger partial charge in [0.05, 0.1) is 19.0 Å². The third kappa shape index (κ3) is 4.94. The summed E-state index contributed by atoms with van der Waals surface area (Å²) in [5.74, 6) is 0.159. The summed E-state index contributed by atoms with van der Waals surface area (Å²) >= 11 is 0. The van der Waals surface area contributed by atoms with Gasteiger partial charge in [-0.15, -0.1) is 0 Å². The molecule has 1 aliphatic rings. The summed E-state index contributed by atoms with van der Waals surface area (Å²) in [6.45, 7) is 7.98. The van der Waals surface area contributed by atoms with Crippen molar-refractivity contribution in [2.24, 2.45) is 0 Å². The van der Waals surface area contributed by atoms with Crippen LogP contribution in [-0.2, 0) is 9.47 Å². The molecule has 2 aromatic rings. The number of hydrogen-bond acceptors (Lipinski definition) is 9. The number of rotatable bonds is 3. The minimum absolute atomic E-state index is 0.0121. The van der Waals surface area contributed by atoms with E-state index in [9.17, 15) is 9.59 Å². The first-order valence-electron chi connectivity index (χ1n) is 9.58. The summed E-state index contributed by atoms with van der Waals surface area (Å²) in [4.78, 5) is 40.5. The first-order valence-corrected chi connectivity index (χ1v) is 9.58. The highest BCUT2D eigenvalue weighted by molar-refractivity contribution is 5.92. The summed E-state index contributed by atoms with van der Waals surface area (Å²) in [5.41, 5.74) is 6.33. The van der Waals surface area contributed by atoms with Crippen LogP contribution >= 0.6 is 0 Å². The van der Waals surface area contributed by atoms with Gasteiger partial charge in [-0.25, -0.2) is 24.5 Å². The van der Waals surface area contributed by atoms with Crippen LogP contribution in [0.3, 0.4) is 0 Å². The van der Waals surface area contributed by atoms with Crippen LogP contribution in [0.25, 0.3) is 11.3 Å². The Balaban J connectivity index is 1.66.